The number of aliphatic imine (C=N–C) groups is 1. The van der Waals surface area contributed by atoms with Gasteiger partial charge in [0.15, 0.2) is 6.10 Å². The van der Waals surface area contributed by atoms with E-state index in [-0.39, 0.29) is 13.2 Å². The highest BCUT2D eigenvalue weighted by atomic mass is 32.2. The van der Waals surface area contributed by atoms with Gasteiger partial charge in [0.25, 0.3) is 0 Å². The SMILES string of the molecule is COC/C(=N/CCO[C@H](COC(C)=O)[C@@H](OC(C)=O)[C@@H](C)OC(C)=O)SC. The van der Waals surface area contributed by atoms with Crippen molar-refractivity contribution in [3.05, 3.63) is 0 Å². The first kappa shape index (κ1) is 25.4. The van der Waals surface area contributed by atoms with Crippen LogP contribution in [0.15, 0.2) is 4.99 Å². The van der Waals surface area contributed by atoms with Crippen LogP contribution in [0.3, 0.4) is 0 Å². The molecule has 3 atom stereocenters. The van der Waals surface area contributed by atoms with E-state index in [4.69, 9.17) is 23.7 Å². The summed E-state index contributed by atoms with van der Waals surface area (Å²) in [5.74, 6) is -1.61. The lowest BCUT2D eigenvalue weighted by Gasteiger charge is -2.30. The zero-order valence-electron chi connectivity index (χ0n) is 16.7. The molecule has 0 fully saturated rings. The van der Waals surface area contributed by atoms with Crippen molar-refractivity contribution in [1.82, 2.24) is 0 Å². The average Bonchev–Trinajstić information content (AvgIpc) is 2.57. The molecule has 0 saturated heterocycles. The molecule has 0 amide bonds. The first-order chi connectivity index (χ1) is 12.7. The quantitative estimate of drug-likeness (QED) is 0.155. The number of methoxy groups -OCH3 is 1. The van der Waals surface area contributed by atoms with Gasteiger partial charge in [-0.25, -0.2) is 0 Å². The molecule has 0 heterocycles. The molecule has 0 rings (SSSR count). The zero-order valence-corrected chi connectivity index (χ0v) is 17.5. The fourth-order valence-corrected chi connectivity index (χ4v) is 2.55. The number of hydrogen-bond donors (Lipinski definition) is 0. The van der Waals surface area contributed by atoms with Crippen molar-refractivity contribution in [2.75, 3.05) is 39.7 Å². The maximum atomic E-state index is 11.5. The Balaban J connectivity index is 5.09. The van der Waals surface area contributed by atoms with Gasteiger partial charge in [0.1, 0.15) is 18.8 Å². The third-order valence-electron chi connectivity index (χ3n) is 3.15. The molecule has 27 heavy (non-hydrogen) atoms. The predicted octanol–water partition coefficient (Wildman–Crippen LogP) is 1.23. The number of hydrogen-bond acceptors (Lipinski definition) is 10. The lowest BCUT2D eigenvalue weighted by atomic mass is 10.1. The Morgan fingerprint density at radius 1 is 1.04 bits per heavy atom. The van der Waals surface area contributed by atoms with E-state index >= 15 is 0 Å². The highest BCUT2D eigenvalue weighted by molar-refractivity contribution is 8.13. The molecule has 0 spiro atoms. The number of carbonyl (C=O) groups excluding carboxylic acids is 3. The molecule has 0 aromatic rings. The second kappa shape index (κ2) is 14.4. The van der Waals surface area contributed by atoms with E-state index < -0.39 is 36.2 Å². The van der Waals surface area contributed by atoms with E-state index in [0.717, 1.165) is 5.04 Å². The van der Waals surface area contributed by atoms with E-state index in [1.807, 2.05) is 6.26 Å². The summed E-state index contributed by atoms with van der Waals surface area (Å²) in [6.45, 7) is 6.07. The fraction of sp³-hybridized carbons (Fsp3) is 0.765. The number of thioether (sulfide) groups is 1. The molecular formula is C17H29NO8S. The zero-order chi connectivity index (χ0) is 20.8. The highest BCUT2D eigenvalue weighted by Crippen LogP contribution is 2.14. The van der Waals surface area contributed by atoms with Gasteiger partial charge < -0.3 is 23.7 Å². The van der Waals surface area contributed by atoms with Gasteiger partial charge in [0.05, 0.1) is 24.8 Å². The number of rotatable bonds is 12. The molecule has 0 aliphatic heterocycles. The van der Waals surface area contributed by atoms with Crippen molar-refractivity contribution in [2.24, 2.45) is 4.99 Å². The minimum atomic E-state index is -0.936. The van der Waals surface area contributed by atoms with Crippen LogP contribution in [-0.2, 0) is 38.1 Å². The van der Waals surface area contributed by atoms with Crippen LogP contribution in [0.4, 0.5) is 0 Å². The third-order valence-corrected chi connectivity index (χ3v) is 3.87. The lowest BCUT2D eigenvalue weighted by Crippen LogP contribution is -2.45. The molecule has 10 heteroatoms. The van der Waals surface area contributed by atoms with E-state index in [1.165, 1.54) is 32.5 Å². The van der Waals surface area contributed by atoms with Crippen LogP contribution >= 0.6 is 11.8 Å². The maximum Gasteiger partial charge on any atom is 0.303 e. The minimum absolute atomic E-state index is 0.157. The predicted molar refractivity (Wildman–Crippen MR) is 101 cm³/mol. The fourth-order valence-electron chi connectivity index (χ4n) is 2.10. The Hall–Kier alpha value is -1.65. The first-order valence-electron chi connectivity index (χ1n) is 8.36. The van der Waals surface area contributed by atoms with E-state index in [0.29, 0.717) is 13.2 Å². The van der Waals surface area contributed by atoms with E-state index in [1.54, 1.807) is 14.0 Å². The van der Waals surface area contributed by atoms with Crippen LogP contribution < -0.4 is 0 Å². The molecule has 0 aromatic heterocycles. The second-order valence-corrected chi connectivity index (χ2v) is 6.39. The Bertz CT molecular complexity index is 511. The van der Waals surface area contributed by atoms with Gasteiger partial charge in [0, 0.05) is 27.9 Å². The van der Waals surface area contributed by atoms with Crippen molar-refractivity contribution in [3.63, 3.8) is 0 Å². The van der Waals surface area contributed by atoms with Crippen molar-refractivity contribution in [2.45, 2.75) is 46.0 Å². The molecule has 156 valence electrons. The molecule has 0 bridgehead atoms. The monoisotopic (exact) mass is 407 g/mol. The summed E-state index contributed by atoms with van der Waals surface area (Å²) in [6, 6.07) is 0. The molecule has 0 radical (unpaired) electrons. The minimum Gasteiger partial charge on any atom is -0.463 e. The summed E-state index contributed by atoms with van der Waals surface area (Å²) in [7, 11) is 1.58. The van der Waals surface area contributed by atoms with Crippen molar-refractivity contribution in [1.29, 1.82) is 0 Å². The Morgan fingerprint density at radius 2 is 1.67 bits per heavy atom. The van der Waals surface area contributed by atoms with Gasteiger partial charge in [-0.1, -0.05) is 0 Å². The van der Waals surface area contributed by atoms with Gasteiger partial charge in [-0.2, -0.15) is 0 Å². The van der Waals surface area contributed by atoms with Crippen molar-refractivity contribution < 1.29 is 38.1 Å². The van der Waals surface area contributed by atoms with Crippen molar-refractivity contribution >= 4 is 34.7 Å². The van der Waals surface area contributed by atoms with Crippen LogP contribution in [-0.4, -0.2) is 81.0 Å². The van der Waals surface area contributed by atoms with Crippen LogP contribution in [0.25, 0.3) is 0 Å². The van der Waals surface area contributed by atoms with E-state index in [9.17, 15) is 14.4 Å². The van der Waals surface area contributed by atoms with Crippen molar-refractivity contribution in [3.8, 4) is 0 Å². The average molecular weight is 407 g/mol. The summed E-state index contributed by atoms with van der Waals surface area (Å²) in [4.78, 5) is 38.2. The molecule has 0 aliphatic rings. The van der Waals surface area contributed by atoms with Crippen LogP contribution in [0.1, 0.15) is 27.7 Å². The summed E-state index contributed by atoms with van der Waals surface area (Å²) in [5, 5.41) is 0.808. The Morgan fingerprint density at radius 3 is 2.15 bits per heavy atom. The van der Waals surface area contributed by atoms with Crippen LogP contribution in [0.5, 0.6) is 0 Å². The summed E-state index contributed by atoms with van der Waals surface area (Å²) >= 11 is 1.47. The number of nitrogens with zero attached hydrogens (tertiary/aromatic N) is 1. The molecule has 0 saturated carbocycles. The summed E-state index contributed by atoms with van der Waals surface area (Å²) in [5.41, 5.74) is 0. The smallest absolute Gasteiger partial charge is 0.303 e. The first-order valence-corrected chi connectivity index (χ1v) is 9.59. The lowest BCUT2D eigenvalue weighted by molar-refractivity contribution is -0.182. The van der Waals surface area contributed by atoms with Crippen LogP contribution in [0, 0.1) is 0 Å². The molecule has 0 aromatic carbocycles. The standard InChI is InChI=1S/C17H29NO8S/c1-11(25-13(3)20)17(26-14(4)21)15(9-24-12(2)19)23-8-7-18-16(27-6)10-22-5/h11,15,17H,7-10H2,1-6H3/b18-16-/t11-,15-,17+/m1/s1. The van der Waals surface area contributed by atoms with Gasteiger partial charge in [0.2, 0.25) is 0 Å². The topological polar surface area (TPSA) is 110 Å². The summed E-state index contributed by atoms with van der Waals surface area (Å²) < 4.78 is 26.1. The molecule has 9 nitrogen and oxygen atoms in total. The maximum absolute atomic E-state index is 11.5. The number of esters is 3. The number of carbonyl (C=O) groups is 3. The Labute approximate surface area is 164 Å². The molecular weight excluding hydrogens is 378 g/mol. The second-order valence-electron chi connectivity index (χ2n) is 5.51. The number of ether oxygens (including phenoxy) is 5. The van der Waals surface area contributed by atoms with Crippen LogP contribution in [0.2, 0.25) is 0 Å². The largest absolute Gasteiger partial charge is 0.463 e. The van der Waals surface area contributed by atoms with E-state index in [2.05, 4.69) is 4.99 Å². The van der Waals surface area contributed by atoms with Gasteiger partial charge >= 0.3 is 17.9 Å². The summed E-state index contributed by atoms with van der Waals surface area (Å²) in [6.07, 6.45) is -0.651. The van der Waals surface area contributed by atoms with Gasteiger partial charge in [-0.3, -0.25) is 19.4 Å². The third kappa shape index (κ3) is 12.4. The van der Waals surface area contributed by atoms with Gasteiger partial charge in [-0.05, 0) is 13.2 Å². The highest BCUT2D eigenvalue weighted by Gasteiger charge is 2.33. The normalized spacial score (nSPS) is 14.8. The molecule has 0 N–H and O–H groups in total. The van der Waals surface area contributed by atoms with Gasteiger partial charge in [-0.15, -0.1) is 11.8 Å². The molecule has 0 aliphatic carbocycles. The molecule has 0 unspecified atom stereocenters. The Kier molecular flexibility index (Phi) is 13.5.